The zero-order valence-corrected chi connectivity index (χ0v) is 12.2. The summed E-state index contributed by atoms with van der Waals surface area (Å²) in [6.45, 7) is 7.25. The smallest absolute Gasteiger partial charge is 0.321 e. The van der Waals surface area contributed by atoms with E-state index in [0.717, 1.165) is 5.69 Å². The van der Waals surface area contributed by atoms with Crippen LogP contribution in [0.25, 0.3) is 0 Å². The van der Waals surface area contributed by atoms with Crippen molar-refractivity contribution < 1.29 is 14.7 Å². The Bertz CT molecular complexity index is 459. The number of urea groups is 1. The molecule has 0 aromatic carbocycles. The van der Waals surface area contributed by atoms with Crippen molar-refractivity contribution in [3.8, 4) is 0 Å². The number of amides is 2. The predicted octanol–water partition coefficient (Wildman–Crippen LogP) is 2.50. The van der Waals surface area contributed by atoms with Gasteiger partial charge in [-0.1, -0.05) is 13.8 Å². The molecule has 106 valence electrons. The maximum atomic E-state index is 11.7. The van der Waals surface area contributed by atoms with Gasteiger partial charge in [-0.25, -0.2) is 9.78 Å². The molecule has 0 radical (unpaired) electrons. The summed E-state index contributed by atoms with van der Waals surface area (Å²) in [7, 11) is 0. The third kappa shape index (κ3) is 4.51. The molecule has 2 unspecified atom stereocenters. The summed E-state index contributed by atoms with van der Waals surface area (Å²) in [5, 5.41) is 16.4. The van der Waals surface area contributed by atoms with Gasteiger partial charge < -0.3 is 10.4 Å². The number of hydrogen-bond acceptors (Lipinski definition) is 4. The van der Waals surface area contributed by atoms with Gasteiger partial charge in [0.15, 0.2) is 5.13 Å². The zero-order chi connectivity index (χ0) is 14.6. The molecular weight excluding hydrogens is 266 g/mol. The number of nitrogens with zero attached hydrogens (tertiary/aromatic N) is 1. The second kappa shape index (κ2) is 6.51. The van der Waals surface area contributed by atoms with Crippen molar-refractivity contribution in [3.63, 3.8) is 0 Å². The standard InChI is InChI=1S/C12H19N3O3S/c1-6(2)9-5-19-12(14-9)15-11(18)13-8(4)7(3)10(16)17/h5-8H,1-4H3,(H,16,17)(H2,13,14,15,18). The molecule has 2 amide bonds. The fraction of sp³-hybridized carbons (Fsp3) is 0.583. The Morgan fingerprint density at radius 3 is 2.42 bits per heavy atom. The molecule has 19 heavy (non-hydrogen) atoms. The second-order valence-corrected chi connectivity index (χ2v) is 5.60. The Hall–Kier alpha value is -1.63. The third-order valence-electron chi connectivity index (χ3n) is 2.83. The first kappa shape index (κ1) is 15.4. The summed E-state index contributed by atoms with van der Waals surface area (Å²) in [4.78, 5) is 26.7. The van der Waals surface area contributed by atoms with Crippen LogP contribution in [0.15, 0.2) is 5.38 Å². The molecule has 3 N–H and O–H groups in total. The minimum Gasteiger partial charge on any atom is -0.481 e. The quantitative estimate of drug-likeness (QED) is 0.775. The van der Waals surface area contributed by atoms with E-state index in [1.165, 1.54) is 11.3 Å². The highest BCUT2D eigenvalue weighted by Crippen LogP contribution is 2.21. The molecule has 0 saturated heterocycles. The molecule has 0 aliphatic heterocycles. The molecule has 0 bridgehead atoms. The van der Waals surface area contributed by atoms with Crippen molar-refractivity contribution in [1.29, 1.82) is 0 Å². The van der Waals surface area contributed by atoms with Crippen molar-refractivity contribution in [2.75, 3.05) is 5.32 Å². The second-order valence-electron chi connectivity index (χ2n) is 4.75. The molecule has 7 heteroatoms. The van der Waals surface area contributed by atoms with Crippen molar-refractivity contribution in [1.82, 2.24) is 10.3 Å². The Kier molecular flexibility index (Phi) is 5.29. The highest BCUT2D eigenvalue weighted by atomic mass is 32.1. The lowest BCUT2D eigenvalue weighted by molar-refractivity contribution is -0.141. The number of rotatable bonds is 5. The number of nitrogens with one attached hydrogen (secondary N) is 2. The molecule has 0 saturated carbocycles. The molecular formula is C12H19N3O3S. The summed E-state index contributed by atoms with van der Waals surface area (Å²) < 4.78 is 0. The van der Waals surface area contributed by atoms with Crippen molar-refractivity contribution in [2.45, 2.75) is 39.7 Å². The highest BCUT2D eigenvalue weighted by Gasteiger charge is 2.21. The van der Waals surface area contributed by atoms with Crippen LogP contribution in [0.1, 0.15) is 39.3 Å². The molecule has 0 aliphatic carbocycles. The van der Waals surface area contributed by atoms with Gasteiger partial charge in [0.25, 0.3) is 0 Å². The molecule has 0 fully saturated rings. The van der Waals surface area contributed by atoms with E-state index in [9.17, 15) is 9.59 Å². The first-order chi connectivity index (χ1) is 8.81. The summed E-state index contributed by atoms with van der Waals surface area (Å²) in [6.07, 6.45) is 0. The maximum Gasteiger partial charge on any atom is 0.321 e. The van der Waals surface area contributed by atoms with Crippen molar-refractivity contribution in [3.05, 3.63) is 11.1 Å². The lowest BCUT2D eigenvalue weighted by atomic mass is 10.0. The number of carboxylic acid groups (broad SMARTS) is 1. The minimum atomic E-state index is -0.941. The molecule has 1 aromatic rings. The number of thiazole rings is 1. The van der Waals surface area contributed by atoms with Crippen LogP contribution in [0.2, 0.25) is 0 Å². The monoisotopic (exact) mass is 285 g/mol. The Balaban J connectivity index is 2.53. The number of aliphatic carboxylic acids is 1. The van der Waals surface area contributed by atoms with Crippen LogP contribution in [-0.2, 0) is 4.79 Å². The molecule has 6 nitrogen and oxygen atoms in total. The minimum absolute atomic E-state index is 0.306. The normalized spacial score (nSPS) is 13.9. The van der Waals surface area contributed by atoms with Gasteiger partial charge in [-0.2, -0.15) is 0 Å². The van der Waals surface area contributed by atoms with E-state index < -0.39 is 24.0 Å². The number of carbonyl (C=O) groups excluding carboxylic acids is 1. The van der Waals surface area contributed by atoms with E-state index in [4.69, 9.17) is 5.11 Å². The molecule has 1 rings (SSSR count). The van der Waals surface area contributed by atoms with Gasteiger partial charge in [0.1, 0.15) is 0 Å². The van der Waals surface area contributed by atoms with Gasteiger partial charge >= 0.3 is 12.0 Å². The number of hydrogen-bond donors (Lipinski definition) is 3. The molecule has 0 aliphatic rings. The third-order valence-corrected chi connectivity index (χ3v) is 3.61. The van der Waals surface area contributed by atoms with Crippen molar-refractivity contribution >= 4 is 28.5 Å². The van der Waals surface area contributed by atoms with Gasteiger partial charge in [-0.15, -0.1) is 11.3 Å². The summed E-state index contributed by atoms with van der Waals surface area (Å²) in [5.74, 6) is -1.28. The average molecular weight is 285 g/mol. The zero-order valence-electron chi connectivity index (χ0n) is 11.4. The number of anilines is 1. The van der Waals surface area contributed by atoms with Gasteiger partial charge in [0.05, 0.1) is 11.6 Å². The topological polar surface area (TPSA) is 91.3 Å². The number of carbonyl (C=O) groups is 2. The summed E-state index contributed by atoms with van der Waals surface area (Å²) >= 11 is 1.35. The van der Waals surface area contributed by atoms with Crippen LogP contribution in [0.4, 0.5) is 9.93 Å². The molecule has 1 heterocycles. The van der Waals surface area contributed by atoms with Crippen LogP contribution in [0.5, 0.6) is 0 Å². The van der Waals surface area contributed by atoms with Gasteiger partial charge in [-0.05, 0) is 19.8 Å². The van der Waals surface area contributed by atoms with Gasteiger partial charge in [0.2, 0.25) is 0 Å². The first-order valence-electron chi connectivity index (χ1n) is 6.07. The largest absolute Gasteiger partial charge is 0.481 e. The van der Waals surface area contributed by atoms with Gasteiger partial charge in [-0.3, -0.25) is 10.1 Å². The van der Waals surface area contributed by atoms with E-state index in [1.807, 2.05) is 19.2 Å². The Labute approximate surface area is 116 Å². The fourth-order valence-electron chi connectivity index (χ4n) is 1.29. The van der Waals surface area contributed by atoms with Crippen LogP contribution in [-0.4, -0.2) is 28.1 Å². The van der Waals surface area contributed by atoms with E-state index >= 15 is 0 Å². The lowest BCUT2D eigenvalue weighted by Crippen LogP contribution is -2.42. The highest BCUT2D eigenvalue weighted by molar-refractivity contribution is 7.13. The molecule has 1 aromatic heterocycles. The van der Waals surface area contributed by atoms with Crippen molar-refractivity contribution in [2.24, 2.45) is 5.92 Å². The summed E-state index contributed by atoms with van der Waals surface area (Å²) in [6, 6.07) is -0.896. The summed E-state index contributed by atoms with van der Waals surface area (Å²) in [5.41, 5.74) is 0.923. The van der Waals surface area contributed by atoms with E-state index in [1.54, 1.807) is 13.8 Å². The number of aromatic nitrogens is 1. The van der Waals surface area contributed by atoms with Crippen LogP contribution >= 0.6 is 11.3 Å². The predicted molar refractivity (Wildman–Crippen MR) is 74.6 cm³/mol. The van der Waals surface area contributed by atoms with Crippen LogP contribution in [0.3, 0.4) is 0 Å². The van der Waals surface area contributed by atoms with E-state index in [2.05, 4.69) is 15.6 Å². The molecule has 2 atom stereocenters. The lowest BCUT2D eigenvalue weighted by Gasteiger charge is -2.17. The molecule has 0 spiro atoms. The first-order valence-corrected chi connectivity index (χ1v) is 6.95. The van der Waals surface area contributed by atoms with E-state index in [0.29, 0.717) is 11.0 Å². The Morgan fingerprint density at radius 1 is 1.32 bits per heavy atom. The maximum absolute atomic E-state index is 11.7. The van der Waals surface area contributed by atoms with Crippen LogP contribution < -0.4 is 10.6 Å². The van der Waals surface area contributed by atoms with E-state index in [-0.39, 0.29) is 0 Å². The SMILES string of the molecule is CC(C)c1csc(NC(=O)NC(C)C(C)C(=O)O)n1. The Morgan fingerprint density at radius 2 is 1.95 bits per heavy atom. The average Bonchev–Trinajstić information content (AvgIpc) is 2.76. The fourth-order valence-corrected chi connectivity index (χ4v) is 2.15. The van der Waals surface area contributed by atoms with Crippen LogP contribution in [0, 0.1) is 5.92 Å². The number of carboxylic acids is 1. The van der Waals surface area contributed by atoms with Gasteiger partial charge in [0, 0.05) is 11.4 Å².